The Balaban J connectivity index is 2.06. The molecule has 19 heavy (non-hydrogen) atoms. The van der Waals surface area contributed by atoms with E-state index in [1.807, 2.05) is 0 Å². The lowest BCUT2D eigenvalue weighted by molar-refractivity contribution is 0.275. The summed E-state index contributed by atoms with van der Waals surface area (Å²) in [6.07, 6.45) is 3.06. The van der Waals surface area contributed by atoms with E-state index in [0.29, 0.717) is 29.5 Å². The molecule has 1 aliphatic heterocycles. The molecule has 6 heteroatoms. The molecule has 0 aromatic carbocycles. The van der Waals surface area contributed by atoms with E-state index >= 15 is 0 Å². The van der Waals surface area contributed by atoms with Crippen LogP contribution in [0, 0.1) is 19.8 Å². The summed E-state index contributed by atoms with van der Waals surface area (Å²) < 4.78 is 32.6. The fourth-order valence-electron chi connectivity index (χ4n) is 3.52. The van der Waals surface area contributed by atoms with Gasteiger partial charge in [-0.2, -0.15) is 4.31 Å². The number of aliphatic hydroxyl groups is 1. The second-order valence-electron chi connectivity index (χ2n) is 5.59. The van der Waals surface area contributed by atoms with Crippen LogP contribution in [0.25, 0.3) is 0 Å². The van der Waals surface area contributed by atoms with Crippen LogP contribution in [0.3, 0.4) is 0 Å². The van der Waals surface area contributed by atoms with Gasteiger partial charge in [-0.15, -0.1) is 0 Å². The quantitative estimate of drug-likeness (QED) is 0.915. The molecular weight excluding hydrogens is 266 g/mol. The first kappa shape index (κ1) is 13.1. The van der Waals surface area contributed by atoms with E-state index in [4.69, 9.17) is 4.42 Å². The molecule has 2 bridgehead atoms. The number of nitrogens with zero attached hydrogens (tertiary/aromatic N) is 1. The number of furan rings is 1. The smallest absolute Gasteiger partial charge is 0.247 e. The van der Waals surface area contributed by atoms with Crippen LogP contribution in [-0.2, 0) is 16.6 Å². The highest BCUT2D eigenvalue weighted by atomic mass is 32.2. The highest BCUT2D eigenvalue weighted by molar-refractivity contribution is 7.89. The molecule has 0 amide bonds. The van der Waals surface area contributed by atoms with Crippen LogP contribution in [0.15, 0.2) is 9.31 Å². The minimum absolute atomic E-state index is 0.135. The van der Waals surface area contributed by atoms with Crippen molar-refractivity contribution in [2.24, 2.45) is 5.92 Å². The van der Waals surface area contributed by atoms with Gasteiger partial charge in [0.15, 0.2) is 0 Å². The average Bonchev–Trinajstić information content (AvgIpc) is 3.02. The van der Waals surface area contributed by atoms with Gasteiger partial charge in [0.25, 0.3) is 0 Å². The van der Waals surface area contributed by atoms with Gasteiger partial charge in [0, 0.05) is 18.2 Å². The molecule has 0 spiro atoms. The fraction of sp³-hybridized carbons (Fsp3) is 0.692. The van der Waals surface area contributed by atoms with Crippen LogP contribution in [-0.4, -0.2) is 30.4 Å². The highest BCUT2D eigenvalue weighted by Crippen LogP contribution is 2.42. The van der Waals surface area contributed by atoms with Crippen LogP contribution >= 0.6 is 0 Å². The third kappa shape index (κ3) is 1.85. The Morgan fingerprint density at radius 3 is 2.58 bits per heavy atom. The maximum atomic E-state index is 12.8. The number of fused-ring (bicyclic) bond motifs is 2. The van der Waals surface area contributed by atoms with Crippen molar-refractivity contribution in [3.63, 3.8) is 0 Å². The predicted octanol–water partition coefficient (Wildman–Crippen LogP) is 1.56. The lowest BCUT2D eigenvalue weighted by atomic mass is 10.1. The number of sulfonamides is 1. The van der Waals surface area contributed by atoms with Crippen molar-refractivity contribution in [2.45, 2.75) is 50.7 Å². The standard InChI is InChI=1S/C13H19NO4S/c1-8-12(7-15)13(9(2)18-8)19(16,17)14-6-10-3-4-11(14)5-10/h10-11,15H,3-7H2,1-2H3. The van der Waals surface area contributed by atoms with Crippen molar-refractivity contribution in [3.05, 3.63) is 17.1 Å². The molecule has 3 rings (SSSR count). The van der Waals surface area contributed by atoms with Crippen molar-refractivity contribution in [3.8, 4) is 0 Å². The first-order chi connectivity index (χ1) is 8.95. The maximum Gasteiger partial charge on any atom is 0.247 e. The predicted molar refractivity (Wildman–Crippen MR) is 69.1 cm³/mol. The molecule has 1 aliphatic carbocycles. The summed E-state index contributed by atoms with van der Waals surface area (Å²) in [6, 6.07) is 0.135. The van der Waals surface area contributed by atoms with Crippen LogP contribution in [0.5, 0.6) is 0 Å². The summed E-state index contributed by atoms with van der Waals surface area (Å²) in [5.74, 6) is 1.37. The van der Waals surface area contributed by atoms with Gasteiger partial charge in [0.2, 0.25) is 10.0 Å². The van der Waals surface area contributed by atoms with Crippen molar-refractivity contribution in [1.82, 2.24) is 4.31 Å². The molecule has 5 nitrogen and oxygen atoms in total. The molecule has 2 unspecified atom stereocenters. The number of hydrogen-bond donors (Lipinski definition) is 1. The molecule has 1 aromatic rings. The molecule has 1 N–H and O–H groups in total. The monoisotopic (exact) mass is 285 g/mol. The van der Waals surface area contributed by atoms with E-state index in [1.54, 1.807) is 18.2 Å². The van der Waals surface area contributed by atoms with Crippen molar-refractivity contribution in [2.75, 3.05) is 6.54 Å². The third-order valence-electron chi connectivity index (χ3n) is 4.41. The SMILES string of the molecule is Cc1oc(C)c(S(=O)(=O)N2CC3CCC2C3)c1CO. The fourth-order valence-corrected chi connectivity index (χ4v) is 5.67. The molecule has 1 saturated heterocycles. The summed E-state index contributed by atoms with van der Waals surface area (Å²) in [7, 11) is -3.54. The maximum absolute atomic E-state index is 12.8. The molecule has 106 valence electrons. The van der Waals surface area contributed by atoms with Crippen molar-refractivity contribution >= 4 is 10.0 Å². The van der Waals surface area contributed by atoms with Gasteiger partial charge in [-0.1, -0.05) is 0 Å². The van der Waals surface area contributed by atoms with E-state index in [9.17, 15) is 13.5 Å². The van der Waals surface area contributed by atoms with Crippen LogP contribution in [0.2, 0.25) is 0 Å². The molecule has 1 aromatic heterocycles. The Hall–Kier alpha value is -0.850. The van der Waals surface area contributed by atoms with E-state index in [0.717, 1.165) is 19.3 Å². The second-order valence-corrected chi connectivity index (χ2v) is 7.42. The Kier molecular flexibility index (Phi) is 2.99. The van der Waals surface area contributed by atoms with Crippen LogP contribution in [0.1, 0.15) is 36.3 Å². The second kappa shape index (κ2) is 4.33. The normalized spacial score (nSPS) is 27.3. The zero-order valence-electron chi connectivity index (χ0n) is 11.2. The number of hydrogen-bond acceptors (Lipinski definition) is 4. The van der Waals surface area contributed by atoms with Crippen molar-refractivity contribution < 1.29 is 17.9 Å². The zero-order valence-corrected chi connectivity index (χ0v) is 12.0. The lowest BCUT2D eigenvalue weighted by Gasteiger charge is -2.26. The minimum Gasteiger partial charge on any atom is -0.465 e. The van der Waals surface area contributed by atoms with Crippen LogP contribution in [0.4, 0.5) is 0 Å². The summed E-state index contributed by atoms with van der Waals surface area (Å²) in [6.45, 7) is 3.64. The molecule has 0 radical (unpaired) electrons. The summed E-state index contributed by atoms with van der Waals surface area (Å²) in [5, 5.41) is 9.41. The van der Waals surface area contributed by atoms with Gasteiger partial charge in [-0.05, 0) is 39.0 Å². The number of rotatable bonds is 3. The van der Waals surface area contributed by atoms with E-state index in [-0.39, 0.29) is 17.5 Å². The summed E-state index contributed by atoms with van der Waals surface area (Å²) in [5.41, 5.74) is 0.403. The van der Waals surface area contributed by atoms with E-state index in [1.165, 1.54) is 0 Å². The van der Waals surface area contributed by atoms with E-state index in [2.05, 4.69) is 0 Å². The van der Waals surface area contributed by atoms with Gasteiger partial charge in [0.1, 0.15) is 16.4 Å². The van der Waals surface area contributed by atoms with E-state index < -0.39 is 10.0 Å². The lowest BCUT2D eigenvalue weighted by Crippen LogP contribution is -2.38. The van der Waals surface area contributed by atoms with Gasteiger partial charge in [-0.3, -0.25) is 0 Å². The molecule has 2 heterocycles. The summed E-state index contributed by atoms with van der Waals surface area (Å²) in [4.78, 5) is 0.181. The minimum atomic E-state index is -3.54. The zero-order chi connectivity index (χ0) is 13.8. The van der Waals surface area contributed by atoms with Gasteiger partial charge in [0.05, 0.1) is 6.61 Å². The van der Waals surface area contributed by atoms with Gasteiger partial charge >= 0.3 is 0 Å². The van der Waals surface area contributed by atoms with Gasteiger partial charge in [-0.25, -0.2) is 8.42 Å². The first-order valence-corrected chi connectivity index (χ1v) is 8.10. The Morgan fingerprint density at radius 2 is 2.05 bits per heavy atom. The Labute approximate surface area is 113 Å². The average molecular weight is 285 g/mol. The van der Waals surface area contributed by atoms with Crippen LogP contribution < -0.4 is 0 Å². The number of piperidine rings is 1. The number of aliphatic hydroxyl groups excluding tert-OH is 1. The summed E-state index contributed by atoms with van der Waals surface area (Å²) >= 11 is 0. The molecule has 2 atom stereocenters. The Morgan fingerprint density at radius 1 is 1.32 bits per heavy atom. The molecule has 2 aliphatic rings. The first-order valence-electron chi connectivity index (χ1n) is 6.66. The molecule has 1 saturated carbocycles. The molecular formula is C13H19NO4S. The largest absolute Gasteiger partial charge is 0.465 e. The Bertz CT molecular complexity index is 604. The highest BCUT2D eigenvalue weighted by Gasteiger charge is 2.45. The topological polar surface area (TPSA) is 70.8 Å². The molecule has 2 fully saturated rings. The van der Waals surface area contributed by atoms with Gasteiger partial charge < -0.3 is 9.52 Å². The number of aryl methyl sites for hydroxylation is 2. The third-order valence-corrected chi connectivity index (χ3v) is 6.52. The van der Waals surface area contributed by atoms with Crippen molar-refractivity contribution in [1.29, 1.82) is 0 Å².